The minimum atomic E-state index is -0.610. The highest BCUT2D eigenvalue weighted by Gasteiger charge is 2.12. The number of benzene rings is 3. The van der Waals surface area contributed by atoms with Crippen molar-refractivity contribution in [2.75, 3.05) is 12.0 Å². The van der Waals surface area contributed by atoms with E-state index in [1.807, 2.05) is 6.92 Å². The van der Waals surface area contributed by atoms with Gasteiger partial charge in [-0.15, -0.1) is 10.2 Å². The summed E-state index contributed by atoms with van der Waals surface area (Å²) < 4.78 is 19.9. The number of amides is 1. The number of hydrogen-bond acceptors (Lipinski definition) is 5. The molecule has 0 aliphatic carbocycles. The van der Waals surface area contributed by atoms with E-state index in [4.69, 9.17) is 4.74 Å². The molecular formula is C30H35FN4O3. The Hall–Kier alpha value is -4.20. The van der Waals surface area contributed by atoms with Crippen molar-refractivity contribution in [3.63, 3.8) is 0 Å². The molecule has 0 bridgehead atoms. The molecule has 0 aliphatic rings. The molecule has 1 aromatic heterocycles. The highest BCUT2D eigenvalue weighted by atomic mass is 19.1. The van der Waals surface area contributed by atoms with Crippen LogP contribution in [-0.4, -0.2) is 38.6 Å². The summed E-state index contributed by atoms with van der Waals surface area (Å²) in [4.78, 5) is 12.4. The minimum Gasteiger partial charge on any atom is -0.506 e. The number of carbonyl (C=O) groups is 1. The maximum atomic E-state index is 12.7. The number of anilines is 1. The van der Waals surface area contributed by atoms with E-state index in [0.29, 0.717) is 17.7 Å². The Labute approximate surface area is 223 Å². The highest BCUT2D eigenvalue weighted by Crippen LogP contribution is 2.29. The second-order valence-corrected chi connectivity index (χ2v) is 9.05. The number of rotatable bonds is 10. The number of nitrogens with zero attached hydrogens (tertiary/aromatic N) is 3. The largest absolute Gasteiger partial charge is 0.506 e. The average molecular weight is 519 g/mol. The molecule has 7 nitrogen and oxygen atoms in total. The van der Waals surface area contributed by atoms with Crippen LogP contribution in [-0.2, 0) is 6.42 Å². The predicted molar refractivity (Wildman–Crippen MR) is 148 cm³/mol. The molecule has 2 atom stereocenters. The molecule has 0 radical (unpaired) electrons. The number of alkyl halides is 1. The van der Waals surface area contributed by atoms with Crippen molar-refractivity contribution in [1.29, 1.82) is 0 Å². The maximum absolute atomic E-state index is 12.7. The lowest BCUT2D eigenvalue weighted by Gasteiger charge is -2.15. The Kier molecular flexibility index (Phi) is 10.8. The number of hydrogen-bond donors (Lipinski definition) is 2. The van der Waals surface area contributed by atoms with Crippen LogP contribution in [0.4, 0.5) is 10.1 Å². The van der Waals surface area contributed by atoms with Gasteiger partial charge in [-0.1, -0.05) is 57.5 Å². The van der Waals surface area contributed by atoms with Gasteiger partial charge in [0.15, 0.2) is 0 Å². The lowest BCUT2D eigenvalue weighted by Crippen LogP contribution is -2.17. The highest BCUT2D eigenvalue weighted by molar-refractivity contribution is 6.05. The third-order valence-electron chi connectivity index (χ3n) is 6.12. The lowest BCUT2D eigenvalue weighted by molar-refractivity contribution is 0.102. The molecule has 1 heterocycles. The normalized spacial score (nSPS) is 12.1. The van der Waals surface area contributed by atoms with Crippen LogP contribution >= 0.6 is 0 Å². The fourth-order valence-electron chi connectivity index (χ4n) is 3.58. The van der Waals surface area contributed by atoms with Gasteiger partial charge in [0.2, 0.25) is 0 Å². The summed E-state index contributed by atoms with van der Waals surface area (Å²) in [6, 6.07) is 22.0. The van der Waals surface area contributed by atoms with E-state index >= 15 is 0 Å². The number of nitrogens with one attached hydrogen (secondary N) is 1. The van der Waals surface area contributed by atoms with Crippen LogP contribution in [0.1, 0.15) is 49.5 Å². The quantitative estimate of drug-likeness (QED) is 0.230. The molecule has 4 aromatic rings. The summed E-state index contributed by atoms with van der Waals surface area (Å²) in [7, 11) is 0. The van der Waals surface area contributed by atoms with Crippen molar-refractivity contribution in [2.45, 2.75) is 46.1 Å². The van der Waals surface area contributed by atoms with Crippen molar-refractivity contribution in [3.8, 4) is 17.2 Å². The van der Waals surface area contributed by atoms with Gasteiger partial charge in [-0.2, -0.15) is 0 Å². The molecule has 4 rings (SSSR count). The van der Waals surface area contributed by atoms with Crippen molar-refractivity contribution in [2.24, 2.45) is 5.92 Å². The Morgan fingerprint density at radius 2 is 1.68 bits per heavy atom. The molecule has 3 aromatic carbocycles. The molecular weight excluding hydrogens is 483 g/mol. The van der Waals surface area contributed by atoms with Crippen LogP contribution < -0.4 is 10.1 Å². The van der Waals surface area contributed by atoms with Gasteiger partial charge in [0, 0.05) is 17.3 Å². The number of aromatic hydroxyl groups is 1. The number of phenolic OH excluding ortho intramolecular Hbond substituents is 1. The van der Waals surface area contributed by atoms with Gasteiger partial charge in [0.1, 0.15) is 36.9 Å². The molecule has 0 fully saturated rings. The number of aromatic nitrogens is 3. The molecule has 8 heteroatoms. The monoisotopic (exact) mass is 518 g/mol. The molecule has 200 valence electrons. The SMILES string of the molecule is CCC(C)Cc1ccccc1.CCC(CF)Oc1ccc(NC(=O)c2ccc(-n3cnnc3)cc2)c(O)c1. The Balaban J connectivity index is 0.000000304. The van der Waals surface area contributed by atoms with Gasteiger partial charge >= 0.3 is 0 Å². The molecule has 2 unspecified atom stereocenters. The van der Waals surface area contributed by atoms with E-state index in [1.54, 1.807) is 47.6 Å². The average Bonchev–Trinajstić information content (AvgIpc) is 3.49. The van der Waals surface area contributed by atoms with Gasteiger partial charge in [-0.25, -0.2) is 4.39 Å². The Morgan fingerprint density at radius 3 is 2.26 bits per heavy atom. The van der Waals surface area contributed by atoms with Crippen LogP contribution in [0.25, 0.3) is 5.69 Å². The second kappa shape index (κ2) is 14.5. The van der Waals surface area contributed by atoms with Crippen molar-refractivity contribution in [1.82, 2.24) is 14.8 Å². The first kappa shape index (κ1) is 28.4. The first-order chi connectivity index (χ1) is 18.4. The molecule has 2 N–H and O–H groups in total. The number of halogens is 1. The standard InChI is InChI=1S/C19H19FN4O3.C11H16/c1-2-15(10-20)27-16-7-8-17(18(25)9-16)23-19(26)13-3-5-14(6-4-13)24-11-21-22-12-24;1-3-10(2)9-11-7-5-4-6-8-11/h3-9,11-12,15,25H,2,10H2,1H3,(H,23,26);4-8,10H,3,9H2,1-2H3. The first-order valence-corrected chi connectivity index (χ1v) is 12.8. The molecule has 0 spiro atoms. The van der Waals surface area contributed by atoms with Crippen LogP contribution in [0.5, 0.6) is 11.5 Å². The predicted octanol–water partition coefficient (Wildman–Crippen LogP) is 6.63. The molecule has 0 saturated heterocycles. The summed E-state index contributed by atoms with van der Waals surface area (Å²) in [6.45, 7) is 5.74. The zero-order valence-electron chi connectivity index (χ0n) is 22.0. The van der Waals surface area contributed by atoms with Crippen LogP contribution in [0.3, 0.4) is 0 Å². The summed E-state index contributed by atoms with van der Waals surface area (Å²) in [5.74, 6) is 0.630. The van der Waals surface area contributed by atoms with Crippen LogP contribution in [0, 0.1) is 5.92 Å². The fourth-order valence-corrected chi connectivity index (χ4v) is 3.58. The molecule has 38 heavy (non-hydrogen) atoms. The van der Waals surface area contributed by atoms with E-state index < -0.39 is 12.8 Å². The summed E-state index contributed by atoms with van der Waals surface area (Å²) >= 11 is 0. The summed E-state index contributed by atoms with van der Waals surface area (Å²) in [6.07, 6.45) is 5.56. The van der Waals surface area contributed by atoms with Gasteiger partial charge in [-0.3, -0.25) is 9.36 Å². The molecule has 0 aliphatic heterocycles. The Bertz CT molecular complexity index is 1240. The van der Waals surface area contributed by atoms with E-state index in [2.05, 4.69) is 59.7 Å². The van der Waals surface area contributed by atoms with Crippen molar-refractivity contribution < 1.29 is 19.0 Å². The number of phenols is 1. The number of carbonyl (C=O) groups excluding carboxylic acids is 1. The third-order valence-corrected chi connectivity index (χ3v) is 6.12. The third kappa shape index (κ3) is 8.44. The Morgan fingerprint density at radius 1 is 1.00 bits per heavy atom. The fraction of sp³-hybridized carbons (Fsp3) is 0.300. The topological polar surface area (TPSA) is 89.3 Å². The van der Waals surface area contributed by atoms with Crippen molar-refractivity contribution >= 4 is 11.6 Å². The van der Waals surface area contributed by atoms with Crippen LogP contribution in [0.2, 0.25) is 0 Å². The summed E-state index contributed by atoms with van der Waals surface area (Å²) in [5.41, 5.74) is 2.94. The van der Waals surface area contributed by atoms with E-state index in [-0.39, 0.29) is 17.3 Å². The summed E-state index contributed by atoms with van der Waals surface area (Å²) in [5, 5.41) is 20.2. The molecule has 1 amide bonds. The van der Waals surface area contributed by atoms with E-state index in [9.17, 15) is 14.3 Å². The smallest absolute Gasteiger partial charge is 0.255 e. The van der Waals surface area contributed by atoms with Gasteiger partial charge < -0.3 is 15.2 Å². The lowest BCUT2D eigenvalue weighted by atomic mass is 9.99. The van der Waals surface area contributed by atoms with Gasteiger partial charge in [0.05, 0.1) is 5.69 Å². The zero-order chi connectivity index (χ0) is 27.3. The maximum Gasteiger partial charge on any atom is 0.255 e. The van der Waals surface area contributed by atoms with Gasteiger partial charge in [-0.05, 0) is 60.7 Å². The first-order valence-electron chi connectivity index (χ1n) is 12.8. The van der Waals surface area contributed by atoms with E-state index in [0.717, 1.165) is 11.6 Å². The zero-order valence-corrected chi connectivity index (χ0v) is 22.0. The molecule has 0 saturated carbocycles. The van der Waals surface area contributed by atoms with Crippen LogP contribution in [0.15, 0.2) is 85.5 Å². The van der Waals surface area contributed by atoms with Gasteiger partial charge in [0.25, 0.3) is 5.91 Å². The van der Waals surface area contributed by atoms with E-state index in [1.165, 1.54) is 30.5 Å². The minimum absolute atomic E-state index is 0.157. The van der Waals surface area contributed by atoms with Crippen molar-refractivity contribution in [3.05, 3.63) is 96.6 Å². The number of ether oxygens (including phenoxy) is 1. The second-order valence-electron chi connectivity index (χ2n) is 9.05.